The average molecular weight is 331 g/mol. The van der Waals surface area contributed by atoms with E-state index in [4.69, 9.17) is 11.1 Å². The topological polar surface area (TPSA) is 70.2 Å². The molecule has 1 aliphatic carbocycles. The number of hydrogen-bond acceptors (Lipinski definition) is 3. The maximum absolute atomic E-state index is 13.2. The second kappa shape index (κ2) is 5.88. The average Bonchev–Trinajstić information content (AvgIpc) is 3.17. The van der Waals surface area contributed by atoms with E-state index >= 15 is 0 Å². The number of nitrogens with one attached hydrogen (secondary N) is 1. The van der Waals surface area contributed by atoms with Crippen LogP contribution in [0.15, 0.2) is 54.7 Å². The van der Waals surface area contributed by atoms with E-state index in [1.807, 2.05) is 29.2 Å². The Morgan fingerprint density at radius 3 is 2.28 bits per heavy atom. The molecule has 1 amide bonds. The van der Waals surface area contributed by atoms with E-state index in [1.54, 1.807) is 0 Å². The summed E-state index contributed by atoms with van der Waals surface area (Å²) in [5.74, 6) is 0.234. The number of amides is 1. The molecule has 3 N–H and O–H groups in total. The van der Waals surface area contributed by atoms with Crippen LogP contribution in [0, 0.1) is 10.8 Å². The summed E-state index contributed by atoms with van der Waals surface area (Å²) < 4.78 is 0. The second-order valence-corrected chi connectivity index (χ2v) is 6.92. The minimum Gasteiger partial charge on any atom is -0.404 e. The van der Waals surface area contributed by atoms with Gasteiger partial charge in [0.2, 0.25) is 5.91 Å². The van der Waals surface area contributed by atoms with E-state index < -0.39 is 0 Å². The molecule has 1 heterocycles. The molecule has 2 aromatic carbocycles. The van der Waals surface area contributed by atoms with Gasteiger partial charge in [0.1, 0.15) is 0 Å². The lowest BCUT2D eigenvalue weighted by Crippen LogP contribution is -2.35. The first-order valence-electron chi connectivity index (χ1n) is 8.58. The summed E-state index contributed by atoms with van der Waals surface area (Å²) in [6.45, 7) is 0.760. The van der Waals surface area contributed by atoms with Crippen molar-refractivity contribution < 1.29 is 4.79 Å². The zero-order valence-electron chi connectivity index (χ0n) is 14.0. The SMILES string of the molecule is N=C/C(=C\N)c1ccc(N2CCC3(Cc4ccccc4C3)C2=O)cc1. The normalized spacial score (nSPS) is 18.6. The van der Waals surface area contributed by atoms with Gasteiger partial charge in [-0.25, -0.2) is 0 Å². The molecule has 1 fully saturated rings. The molecule has 2 aliphatic rings. The van der Waals surface area contributed by atoms with Gasteiger partial charge in [0.15, 0.2) is 0 Å². The first kappa shape index (κ1) is 15.6. The van der Waals surface area contributed by atoms with E-state index in [0.717, 1.165) is 37.1 Å². The van der Waals surface area contributed by atoms with Crippen molar-refractivity contribution in [1.82, 2.24) is 0 Å². The van der Waals surface area contributed by atoms with Gasteiger partial charge in [-0.3, -0.25) is 4.79 Å². The molecule has 1 aliphatic heterocycles. The molecule has 2 aromatic rings. The molecule has 0 saturated carbocycles. The maximum Gasteiger partial charge on any atom is 0.233 e. The Morgan fingerprint density at radius 2 is 1.72 bits per heavy atom. The summed E-state index contributed by atoms with van der Waals surface area (Å²) in [5.41, 5.74) is 10.4. The van der Waals surface area contributed by atoms with Gasteiger partial charge >= 0.3 is 0 Å². The van der Waals surface area contributed by atoms with Crippen LogP contribution in [0.2, 0.25) is 0 Å². The van der Waals surface area contributed by atoms with Gasteiger partial charge in [0, 0.05) is 30.2 Å². The van der Waals surface area contributed by atoms with Gasteiger partial charge in [0.05, 0.1) is 5.41 Å². The Bertz CT molecular complexity index is 842. The summed E-state index contributed by atoms with van der Waals surface area (Å²) in [6, 6.07) is 16.1. The molecule has 1 spiro atoms. The molecule has 0 unspecified atom stereocenters. The van der Waals surface area contributed by atoms with E-state index in [2.05, 4.69) is 24.3 Å². The minimum atomic E-state index is -0.264. The summed E-state index contributed by atoms with van der Waals surface area (Å²) in [4.78, 5) is 15.1. The Morgan fingerprint density at radius 1 is 1.08 bits per heavy atom. The fraction of sp³-hybridized carbons (Fsp3) is 0.238. The summed E-state index contributed by atoms with van der Waals surface area (Å²) in [6.07, 6.45) is 5.26. The number of nitrogens with zero attached hydrogens (tertiary/aromatic N) is 1. The highest BCUT2D eigenvalue weighted by Crippen LogP contribution is 2.45. The van der Waals surface area contributed by atoms with Crippen LogP contribution in [0.3, 0.4) is 0 Å². The quantitative estimate of drug-likeness (QED) is 0.848. The van der Waals surface area contributed by atoms with Gasteiger partial charge in [-0.05, 0) is 48.1 Å². The van der Waals surface area contributed by atoms with E-state index in [1.165, 1.54) is 23.5 Å². The molecule has 4 nitrogen and oxygen atoms in total. The first-order chi connectivity index (χ1) is 12.2. The van der Waals surface area contributed by atoms with Crippen LogP contribution in [0.5, 0.6) is 0 Å². The van der Waals surface area contributed by atoms with Crippen LogP contribution in [-0.2, 0) is 17.6 Å². The van der Waals surface area contributed by atoms with Gasteiger partial charge in [-0.2, -0.15) is 0 Å². The summed E-state index contributed by atoms with van der Waals surface area (Å²) in [7, 11) is 0. The fourth-order valence-corrected chi connectivity index (χ4v) is 4.15. The predicted molar refractivity (Wildman–Crippen MR) is 101 cm³/mol. The number of carbonyl (C=O) groups is 1. The third kappa shape index (κ3) is 2.45. The molecule has 0 aromatic heterocycles. The van der Waals surface area contributed by atoms with Crippen LogP contribution >= 0.6 is 0 Å². The zero-order chi connectivity index (χ0) is 17.4. The fourth-order valence-electron chi connectivity index (χ4n) is 4.15. The number of rotatable bonds is 3. The van der Waals surface area contributed by atoms with Gasteiger partial charge in [0.25, 0.3) is 0 Å². The number of fused-ring (bicyclic) bond motifs is 1. The van der Waals surface area contributed by atoms with Crippen LogP contribution < -0.4 is 10.6 Å². The van der Waals surface area contributed by atoms with Crippen molar-refractivity contribution in [3.05, 3.63) is 71.4 Å². The first-order valence-corrected chi connectivity index (χ1v) is 8.58. The molecule has 1 saturated heterocycles. The van der Waals surface area contributed by atoms with Crippen LogP contribution in [0.1, 0.15) is 23.1 Å². The number of carbonyl (C=O) groups excluding carboxylic acids is 1. The summed E-state index contributed by atoms with van der Waals surface area (Å²) in [5, 5.41) is 7.38. The number of hydrogen-bond donors (Lipinski definition) is 2. The third-order valence-corrected chi connectivity index (χ3v) is 5.54. The maximum atomic E-state index is 13.2. The van der Waals surface area contributed by atoms with Crippen LogP contribution in [0.25, 0.3) is 5.57 Å². The van der Waals surface area contributed by atoms with Crippen molar-refractivity contribution >= 4 is 23.4 Å². The monoisotopic (exact) mass is 331 g/mol. The van der Waals surface area contributed by atoms with Crippen molar-refractivity contribution in [3.63, 3.8) is 0 Å². The lowest BCUT2D eigenvalue weighted by Gasteiger charge is -2.23. The van der Waals surface area contributed by atoms with Crippen LogP contribution in [0.4, 0.5) is 5.69 Å². The zero-order valence-corrected chi connectivity index (χ0v) is 14.0. The standard InChI is InChI=1S/C21H21N3O/c22-13-18(14-23)15-5-7-19(8-6-15)24-10-9-21(20(24)25)11-16-3-1-2-4-17(16)12-21/h1-8,13-14,22H,9-12,23H2/b18-14+,22-13?. The van der Waals surface area contributed by atoms with Gasteiger partial charge in [-0.1, -0.05) is 36.4 Å². The molecule has 0 radical (unpaired) electrons. The van der Waals surface area contributed by atoms with Gasteiger partial charge in [-0.15, -0.1) is 0 Å². The highest BCUT2D eigenvalue weighted by Gasteiger charge is 2.50. The number of allylic oxidation sites excluding steroid dienone is 1. The third-order valence-electron chi connectivity index (χ3n) is 5.54. The molecule has 4 heteroatoms. The molecule has 126 valence electrons. The van der Waals surface area contributed by atoms with E-state index in [-0.39, 0.29) is 11.3 Å². The molecular formula is C21H21N3O. The van der Waals surface area contributed by atoms with Crippen molar-refractivity contribution in [1.29, 1.82) is 5.41 Å². The number of anilines is 1. The van der Waals surface area contributed by atoms with Crippen molar-refractivity contribution in [3.8, 4) is 0 Å². The van der Waals surface area contributed by atoms with E-state index in [9.17, 15) is 4.79 Å². The molecule has 4 rings (SSSR count). The highest BCUT2D eigenvalue weighted by atomic mass is 16.2. The Kier molecular flexibility index (Phi) is 3.68. The second-order valence-electron chi connectivity index (χ2n) is 6.92. The predicted octanol–water partition coefficient (Wildman–Crippen LogP) is 3.16. The van der Waals surface area contributed by atoms with Crippen molar-refractivity contribution in [2.24, 2.45) is 11.1 Å². The Hall–Kier alpha value is -2.88. The van der Waals surface area contributed by atoms with Crippen molar-refractivity contribution in [2.75, 3.05) is 11.4 Å². The molecule has 0 bridgehead atoms. The van der Waals surface area contributed by atoms with E-state index in [0.29, 0.717) is 5.57 Å². The smallest absolute Gasteiger partial charge is 0.233 e. The number of benzene rings is 2. The summed E-state index contributed by atoms with van der Waals surface area (Å²) >= 11 is 0. The lowest BCUT2D eigenvalue weighted by molar-refractivity contribution is -0.125. The highest BCUT2D eigenvalue weighted by molar-refractivity contribution is 6.08. The minimum absolute atomic E-state index is 0.234. The largest absolute Gasteiger partial charge is 0.404 e. The van der Waals surface area contributed by atoms with Crippen LogP contribution in [-0.4, -0.2) is 18.7 Å². The molecule has 25 heavy (non-hydrogen) atoms. The lowest BCUT2D eigenvalue weighted by atomic mass is 9.83. The molecule has 0 atom stereocenters. The molecular weight excluding hydrogens is 310 g/mol. The van der Waals surface area contributed by atoms with Crippen molar-refractivity contribution in [2.45, 2.75) is 19.3 Å². The Labute approximate surface area is 147 Å². The number of nitrogens with two attached hydrogens (primary N) is 1. The van der Waals surface area contributed by atoms with Gasteiger partial charge < -0.3 is 16.0 Å². The Balaban J connectivity index is 1.58.